The number of hydrogen-bond acceptors (Lipinski definition) is 3. The molecule has 0 aromatic heterocycles. The molecule has 0 aliphatic heterocycles. The predicted molar refractivity (Wildman–Crippen MR) is 90.9 cm³/mol. The summed E-state index contributed by atoms with van der Waals surface area (Å²) in [5, 5.41) is 0.259. The van der Waals surface area contributed by atoms with Crippen molar-refractivity contribution >= 4 is 80.9 Å². The van der Waals surface area contributed by atoms with E-state index in [4.69, 9.17) is 46.4 Å². The van der Waals surface area contributed by atoms with Gasteiger partial charge in [0.25, 0.3) is 0 Å². The number of rotatable bonds is 6. The monoisotopic (exact) mass is 376 g/mol. The van der Waals surface area contributed by atoms with Crippen molar-refractivity contribution in [1.29, 1.82) is 0 Å². The number of allylic oxidation sites excluding steroid dienone is 3. The van der Waals surface area contributed by atoms with Gasteiger partial charge in [0.1, 0.15) is 17.1 Å². The summed E-state index contributed by atoms with van der Waals surface area (Å²) in [5.74, 6) is 0. The molecule has 0 fully saturated rings. The molecule has 0 unspecified atom stereocenters. The molecule has 1 rings (SSSR count). The Morgan fingerprint density at radius 2 is 1.14 bits per heavy atom. The maximum atomic E-state index is 11.1. The van der Waals surface area contributed by atoms with Crippen molar-refractivity contribution in [2.45, 2.75) is 0 Å². The number of halogens is 4. The summed E-state index contributed by atoms with van der Waals surface area (Å²) >= 11 is 23.3. The molecule has 0 saturated heterocycles. The Hall–Kier alpha value is -1.39. The number of carbonyl (C=O) groups excluding carboxylic acids is 3. The van der Waals surface area contributed by atoms with Crippen LogP contribution in [0.3, 0.4) is 0 Å². The first-order chi connectivity index (χ1) is 10.4. The van der Waals surface area contributed by atoms with Crippen LogP contribution in [0.5, 0.6) is 0 Å². The maximum Gasteiger partial charge on any atom is 0.153 e. The first-order valence-corrected chi connectivity index (χ1v) is 7.24. The predicted octanol–water partition coefficient (Wildman–Crippen LogP) is 4.59. The third-order valence-electron chi connectivity index (χ3n) is 2.55. The van der Waals surface area contributed by atoms with E-state index in [1.165, 1.54) is 12.1 Å². The molecule has 0 saturated carbocycles. The van der Waals surface area contributed by atoms with Gasteiger partial charge in [0, 0.05) is 0 Å². The first kappa shape index (κ1) is 18.7. The van der Waals surface area contributed by atoms with E-state index in [0.717, 1.165) is 12.2 Å². The molecular weight excluding hydrogens is 370 g/mol. The Morgan fingerprint density at radius 1 is 0.727 bits per heavy atom. The van der Waals surface area contributed by atoms with Crippen LogP contribution < -0.4 is 0 Å². The Bertz CT molecular complexity index is 656. The Kier molecular flexibility index (Phi) is 7.56. The zero-order valence-electron chi connectivity index (χ0n) is 10.9. The van der Waals surface area contributed by atoms with E-state index in [0.29, 0.717) is 35.5 Å². The van der Waals surface area contributed by atoms with Crippen LogP contribution in [0.1, 0.15) is 16.7 Å². The van der Waals surface area contributed by atoms with Gasteiger partial charge in [0.2, 0.25) is 0 Å². The number of aldehydes is 3. The average Bonchev–Trinajstić information content (AvgIpc) is 2.47. The fraction of sp³-hybridized carbons (Fsp3) is 0. The molecule has 0 spiro atoms. The molecule has 7 heteroatoms. The lowest BCUT2D eigenvalue weighted by atomic mass is 10.0. The molecule has 0 atom stereocenters. The van der Waals surface area contributed by atoms with Crippen molar-refractivity contribution in [3.8, 4) is 0 Å². The highest BCUT2D eigenvalue weighted by molar-refractivity contribution is 6.60. The Balaban J connectivity index is 3.65. The van der Waals surface area contributed by atoms with Gasteiger partial charge in [-0.25, -0.2) is 0 Å². The van der Waals surface area contributed by atoms with Crippen LogP contribution in [0.25, 0.3) is 15.6 Å². The van der Waals surface area contributed by atoms with Gasteiger partial charge in [-0.05, 0) is 47.0 Å². The first-order valence-electron chi connectivity index (χ1n) is 5.73. The number of benzene rings is 1. The van der Waals surface area contributed by atoms with Gasteiger partial charge in [-0.2, -0.15) is 0 Å². The summed E-state index contributed by atoms with van der Waals surface area (Å²) in [6.45, 7) is 0. The van der Waals surface area contributed by atoms with Gasteiger partial charge < -0.3 is 0 Å². The third-order valence-corrected chi connectivity index (χ3v) is 3.64. The largest absolute Gasteiger partial charge is 0.299 e. The van der Waals surface area contributed by atoms with Crippen LogP contribution in [0, 0.1) is 0 Å². The van der Waals surface area contributed by atoms with Gasteiger partial charge in [-0.3, -0.25) is 14.4 Å². The molecule has 0 radical (unpaired) electrons. The smallest absolute Gasteiger partial charge is 0.153 e. The minimum atomic E-state index is -0.232. The lowest BCUT2D eigenvalue weighted by molar-refractivity contribution is -0.104. The molecular formula is C15H8Cl4O3. The van der Waals surface area contributed by atoms with E-state index in [1.54, 1.807) is 6.07 Å². The van der Waals surface area contributed by atoms with E-state index in [-0.39, 0.29) is 20.1 Å². The van der Waals surface area contributed by atoms with Crippen molar-refractivity contribution in [1.82, 2.24) is 0 Å². The quantitative estimate of drug-likeness (QED) is 0.538. The van der Waals surface area contributed by atoms with Gasteiger partial charge in [-0.1, -0.05) is 46.4 Å². The molecule has 0 amide bonds. The second kappa shape index (κ2) is 8.91. The highest BCUT2D eigenvalue weighted by Gasteiger charge is 2.11. The molecule has 1 aromatic carbocycles. The molecule has 22 heavy (non-hydrogen) atoms. The standard InChI is InChI=1S/C15H8Cl4O3/c16-13(1-3-20)10-5-9(12(8-22)15(18)19)6-11(7-10)14(17)2-4-21/h1-8H. The highest BCUT2D eigenvalue weighted by atomic mass is 35.5. The summed E-state index contributed by atoms with van der Waals surface area (Å²) in [4.78, 5) is 32.2. The topological polar surface area (TPSA) is 51.2 Å². The molecule has 1 aromatic rings. The van der Waals surface area contributed by atoms with Gasteiger partial charge in [-0.15, -0.1) is 0 Å². The highest BCUT2D eigenvalue weighted by Crippen LogP contribution is 2.31. The van der Waals surface area contributed by atoms with Gasteiger partial charge in [0.15, 0.2) is 6.29 Å². The molecule has 114 valence electrons. The maximum absolute atomic E-state index is 11.1. The average molecular weight is 378 g/mol. The van der Waals surface area contributed by atoms with Crippen molar-refractivity contribution in [3.05, 3.63) is 51.5 Å². The summed E-state index contributed by atoms with van der Waals surface area (Å²) in [7, 11) is 0. The zero-order valence-corrected chi connectivity index (χ0v) is 13.9. The van der Waals surface area contributed by atoms with Gasteiger partial charge in [0.05, 0.1) is 15.6 Å². The molecule has 0 N–H and O–H groups in total. The second-order valence-electron chi connectivity index (χ2n) is 3.89. The molecule has 0 bridgehead atoms. The minimum Gasteiger partial charge on any atom is -0.299 e. The minimum absolute atomic E-state index is 0.0255. The fourth-order valence-electron chi connectivity index (χ4n) is 1.59. The van der Waals surface area contributed by atoms with Crippen LogP contribution in [-0.4, -0.2) is 18.9 Å². The number of carbonyl (C=O) groups is 3. The summed E-state index contributed by atoms with van der Waals surface area (Å²) < 4.78 is -0.232. The van der Waals surface area contributed by atoms with Crippen molar-refractivity contribution in [2.24, 2.45) is 0 Å². The second-order valence-corrected chi connectivity index (χ2v) is 5.66. The van der Waals surface area contributed by atoms with Crippen molar-refractivity contribution in [2.75, 3.05) is 0 Å². The van der Waals surface area contributed by atoms with E-state index in [1.807, 2.05) is 0 Å². The Morgan fingerprint density at radius 3 is 1.45 bits per heavy atom. The summed E-state index contributed by atoms with van der Waals surface area (Å²) in [6.07, 6.45) is 3.78. The van der Waals surface area contributed by atoms with Crippen LogP contribution in [0.15, 0.2) is 34.8 Å². The summed E-state index contributed by atoms with van der Waals surface area (Å²) in [6, 6.07) is 4.59. The lowest BCUT2D eigenvalue weighted by Gasteiger charge is -2.09. The SMILES string of the molecule is O=CC=C(Cl)c1cc(C(Cl)=CC=O)cc(C(C=O)=C(Cl)Cl)c1. The van der Waals surface area contributed by atoms with Crippen molar-refractivity contribution < 1.29 is 14.4 Å². The fourth-order valence-corrected chi connectivity index (χ4v) is 2.22. The molecule has 0 aliphatic rings. The lowest BCUT2D eigenvalue weighted by Crippen LogP contribution is -1.93. The molecule has 0 heterocycles. The van der Waals surface area contributed by atoms with Crippen molar-refractivity contribution in [3.63, 3.8) is 0 Å². The molecule has 3 nitrogen and oxygen atoms in total. The van der Waals surface area contributed by atoms with E-state index in [9.17, 15) is 14.4 Å². The van der Waals surface area contributed by atoms with E-state index >= 15 is 0 Å². The summed E-state index contributed by atoms with van der Waals surface area (Å²) in [5.41, 5.74) is 1.19. The van der Waals surface area contributed by atoms with Crippen LogP contribution in [0.4, 0.5) is 0 Å². The van der Waals surface area contributed by atoms with Crippen LogP contribution in [0.2, 0.25) is 0 Å². The number of hydrogen-bond donors (Lipinski definition) is 0. The van der Waals surface area contributed by atoms with E-state index in [2.05, 4.69) is 0 Å². The van der Waals surface area contributed by atoms with Crippen LogP contribution in [-0.2, 0) is 14.4 Å². The normalized spacial score (nSPS) is 11.8. The molecule has 0 aliphatic carbocycles. The third kappa shape index (κ3) is 4.82. The zero-order chi connectivity index (χ0) is 16.7. The van der Waals surface area contributed by atoms with E-state index < -0.39 is 0 Å². The van der Waals surface area contributed by atoms with Crippen LogP contribution >= 0.6 is 46.4 Å². The van der Waals surface area contributed by atoms with Gasteiger partial charge >= 0.3 is 0 Å². The Labute approximate surface area is 146 Å².